The van der Waals surface area contributed by atoms with Gasteiger partial charge >= 0.3 is 0 Å². The Balaban J connectivity index is 1.56. The maximum atomic E-state index is 9.01. The molecular weight excluding hydrogens is 264 g/mol. The van der Waals surface area contributed by atoms with Crippen LogP contribution in [-0.2, 0) is 13.2 Å². The molecule has 0 aliphatic heterocycles. The van der Waals surface area contributed by atoms with Gasteiger partial charge in [0.05, 0.1) is 18.3 Å². The van der Waals surface area contributed by atoms with Gasteiger partial charge in [0.2, 0.25) is 0 Å². The third kappa shape index (κ3) is 3.64. The smallest absolute Gasteiger partial charge is 0.132 e. The lowest BCUT2D eigenvalue weighted by Crippen LogP contribution is -2.13. The minimum Gasteiger partial charge on any atom is -0.487 e. The summed E-state index contributed by atoms with van der Waals surface area (Å²) in [6.45, 7) is 0.546. The summed E-state index contributed by atoms with van der Waals surface area (Å²) in [7, 11) is 0. The molecule has 0 bridgehead atoms. The summed E-state index contributed by atoms with van der Waals surface area (Å²) >= 11 is 0. The molecule has 1 aromatic heterocycles. The standard InChI is InChI=1S/C17H22N2O2/c20-12-14-6-8-17(9-7-14)21-13-15-10-11-19(18-15)16-4-2-1-3-5-16/h6-11,16,20H,1-5,12-13H2. The Hall–Kier alpha value is -1.81. The van der Waals surface area contributed by atoms with Crippen molar-refractivity contribution in [3.63, 3.8) is 0 Å². The van der Waals surface area contributed by atoms with Crippen molar-refractivity contribution in [1.29, 1.82) is 0 Å². The van der Waals surface area contributed by atoms with Crippen molar-refractivity contribution >= 4 is 0 Å². The first-order chi connectivity index (χ1) is 10.3. The second kappa shape index (κ2) is 6.76. The van der Waals surface area contributed by atoms with Crippen LogP contribution in [0.25, 0.3) is 0 Å². The van der Waals surface area contributed by atoms with E-state index in [1.165, 1.54) is 32.1 Å². The Labute approximate surface area is 125 Å². The van der Waals surface area contributed by atoms with Crippen LogP contribution in [-0.4, -0.2) is 14.9 Å². The van der Waals surface area contributed by atoms with Gasteiger partial charge in [-0.3, -0.25) is 4.68 Å². The number of benzene rings is 1. The van der Waals surface area contributed by atoms with Crippen molar-refractivity contribution in [3.8, 4) is 5.75 Å². The van der Waals surface area contributed by atoms with Crippen molar-refractivity contribution in [1.82, 2.24) is 9.78 Å². The molecule has 3 rings (SSSR count). The highest BCUT2D eigenvalue weighted by Gasteiger charge is 2.15. The van der Waals surface area contributed by atoms with Gasteiger partial charge in [-0.25, -0.2) is 0 Å². The van der Waals surface area contributed by atoms with Gasteiger partial charge in [-0.1, -0.05) is 31.4 Å². The normalized spacial score (nSPS) is 16.0. The quantitative estimate of drug-likeness (QED) is 0.915. The molecule has 0 saturated heterocycles. The second-order valence-electron chi connectivity index (χ2n) is 5.67. The van der Waals surface area contributed by atoms with Crippen LogP contribution in [0, 0.1) is 0 Å². The summed E-state index contributed by atoms with van der Waals surface area (Å²) in [6, 6.07) is 10.1. The van der Waals surface area contributed by atoms with Crippen molar-refractivity contribution in [3.05, 3.63) is 47.8 Å². The van der Waals surface area contributed by atoms with Crippen LogP contribution in [0.4, 0.5) is 0 Å². The molecular formula is C17H22N2O2. The zero-order valence-electron chi connectivity index (χ0n) is 12.2. The van der Waals surface area contributed by atoms with Crippen LogP contribution in [0.2, 0.25) is 0 Å². The maximum absolute atomic E-state index is 9.01. The van der Waals surface area contributed by atoms with E-state index in [1.807, 2.05) is 30.3 Å². The van der Waals surface area contributed by atoms with E-state index in [0.717, 1.165) is 17.0 Å². The third-order valence-electron chi connectivity index (χ3n) is 4.11. The topological polar surface area (TPSA) is 47.3 Å². The van der Waals surface area contributed by atoms with Crippen LogP contribution >= 0.6 is 0 Å². The van der Waals surface area contributed by atoms with Gasteiger partial charge < -0.3 is 9.84 Å². The molecule has 1 aromatic carbocycles. The molecule has 1 fully saturated rings. The molecule has 112 valence electrons. The Bertz CT molecular complexity index is 556. The van der Waals surface area contributed by atoms with Crippen molar-refractivity contribution in [2.45, 2.75) is 51.4 Å². The molecule has 0 atom stereocenters. The number of nitrogens with zero attached hydrogens (tertiary/aromatic N) is 2. The third-order valence-corrected chi connectivity index (χ3v) is 4.11. The fraction of sp³-hybridized carbons (Fsp3) is 0.471. The number of hydrogen-bond acceptors (Lipinski definition) is 3. The molecule has 0 spiro atoms. The lowest BCUT2D eigenvalue weighted by Gasteiger charge is -2.21. The summed E-state index contributed by atoms with van der Waals surface area (Å²) in [4.78, 5) is 0. The molecule has 1 aliphatic carbocycles. The number of ether oxygens (including phenoxy) is 1. The van der Waals surface area contributed by atoms with Crippen molar-refractivity contribution < 1.29 is 9.84 Å². The Kier molecular flexibility index (Phi) is 4.55. The minimum absolute atomic E-state index is 0.0616. The summed E-state index contributed by atoms with van der Waals surface area (Å²) < 4.78 is 7.84. The fourth-order valence-corrected chi connectivity index (χ4v) is 2.85. The molecule has 2 aromatic rings. The largest absolute Gasteiger partial charge is 0.487 e. The lowest BCUT2D eigenvalue weighted by molar-refractivity contribution is 0.280. The predicted molar refractivity (Wildman–Crippen MR) is 81.0 cm³/mol. The van der Waals surface area contributed by atoms with Gasteiger partial charge in [0.15, 0.2) is 0 Å². The van der Waals surface area contributed by atoms with E-state index < -0.39 is 0 Å². The highest BCUT2D eigenvalue weighted by Crippen LogP contribution is 2.27. The minimum atomic E-state index is 0.0616. The highest BCUT2D eigenvalue weighted by molar-refractivity contribution is 5.26. The number of hydrogen-bond donors (Lipinski definition) is 1. The van der Waals surface area contributed by atoms with Gasteiger partial charge in [0.25, 0.3) is 0 Å². The number of rotatable bonds is 5. The zero-order valence-corrected chi connectivity index (χ0v) is 12.2. The van der Waals surface area contributed by atoms with E-state index in [9.17, 15) is 0 Å². The molecule has 1 saturated carbocycles. The van der Waals surface area contributed by atoms with Crippen LogP contribution in [0.15, 0.2) is 36.5 Å². The van der Waals surface area contributed by atoms with Gasteiger partial charge in [-0.05, 0) is 36.6 Å². The second-order valence-corrected chi connectivity index (χ2v) is 5.67. The van der Waals surface area contributed by atoms with E-state index in [4.69, 9.17) is 9.84 Å². The summed E-state index contributed by atoms with van der Waals surface area (Å²) in [5.41, 5.74) is 1.86. The zero-order chi connectivity index (χ0) is 14.5. The van der Waals surface area contributed by atoms with E-state index in [0.29, 0.717) is 12.6 Å². The molecule has 0 amide bonds. The molecule has 4 nitrogen and oxygen atoms in total. The highest BCUT2D eigenvalue weighted by atomic mass is 16.5. The maximum Gasteiger partial charge on any atom is 0.132 e. The first kappa shape index (κ1) is 14.1. The van der Waals surface area contributed by atoms with Crippen molar-refractivity contribution in [2.24, 2.45) is 0 Å². The molecule has 1 heterocycles. The van der Waals surface area contributed by atoms with E-state index in [2.05, 4.69) is 16.0 Å². The van der Waals surface area contributed by atoms with Crippen LogP contribution in [0.5, 0.6) is 5.75 Å². The van der Waals surface area contributed by atoms with E-state index >= 15 is 0 Å². The summed E-state index contributed by atoms with van der Waals surface area (Å²) in [5, 5.41) is 13.6. The SMILES string of the molecule is OCc1ccc(OCc2ccn(C3CCCCC3)n2)cc1. The number of aliphatic hydroxyl groups excluding tert-OH is 1. The molecule has 21 heavy (non-hydrogen) atoms. The van der Waals surface area contributed by atoms with Gasteiger partial charge in [-0.2, -0.15) is 5.10 Å². The van der Waals surface area contributed by atoms with E-state index in [1.54, 1.807) is 0 Å². The van der Waals surface area contributed by atoms with Crippen LogP contribution in [0.1, 0.15) is 49.4 Å². The Morgan fingerprint density at radius 3 is 2.57 bits per heavy atom. The molecule has 0 radical (unpaired) electrons. The van der Waals surface area contributed by atoms with E-state index in [-0.39, 0.29) is 6.61 Å². The monoisotopic (exact) mass is 286 g/mol. The fourth-order valence-electron chi connectivity index (χ4n) is 2.85. The summed E-state index contributed by atoms with van der Waals surface area (Å²) in [6.07, 6.45) is 8.54. The Morgan fingerprint density at radius 2 is 1.86 bits per heavy atom. The van der Waals surface area contributed by atoms with Gasteiger partial charge in [0.1, 0.15) is 12.4 Å². The van der Waals surface area contributed by atoms with Gasteiger partial charge in [-0.15, -0.1) is 0 Å². The molecule has 1 N–H and O–H groups in total. The first-order valence-corrected chi connectivity index (χ1v) is 7.72. The number of aliphatic hydroxyl groups is 1. The van der Waals surface area contributed by atoms with Gasteiger partial charge in [0, 0.05) is 6.20 Å². The average Bonchev–Trinajstić information content (AvgIpc) is 3.03. The summed E-state index contributed by atoms with van der Waals surface area (Å²) in [5.74, 6) is 0.805. The molecule has 0 unspecified atom stereocenters. The van der Waals surface area contributed by atoms with Crippen LogP contribution < -0.4 is 4.74 Å². The first-order valence-electron chi connectivity index (χ1n) is 7.72. The Morgan fingerprint density at radius 1 is 1.10 bits per heavy atom. The predicted octanol–water partition coefficient (Wildman–Crippen LogP) is 3.46. The van der Waals surface area contributed by atoms with Crippen LogP contribution in [0.3, 0.4) is 0 Å². The molecule has 1 aliphatic rings. The lowest BCUT2D eigenvalue weighted by atomic mass is 9.96. The average molecular weight is 286 g/mol. The molecule has 4 heteroatoms. The van der Waals surface area contributed by atoms with Crippen molar-refractivity contribution in [2.75, 3.05) is 0 Å². The number of aromatic nitrogens is 2.